The van der Waals surface area contributed by atoms with Gasteiger partial charge in [-0.05, 0) is 39.5 Å². The van der Waals surface area contributed by atoms with Gasteiger partial charge < -0.3 is 10.4 Å². The van der Waals surface area contributed by atoms with E-state index in [-0.39, 0.29) is 12.6 Å². The predicted molar refractivity (Wildman–Crippen MR) is 64.8 cm³/mol. The molecule has 0 radical (unpaired) electrons. The molecule has 0 aromatic carbocycles. The van der Waals surface area contributed by atoms with E-state index in [1.165, 1.54) is 18.4 Å². The van der Waals surface area contributed by atoms with Crippen LogP contribution in [-0.2, 0) is 0 Å². The summed E-state index contributed by atoms with van der Waals surface area (Å²) in [6.07, 6.45) is 8.74. The number of rotatable bonds is 6. The second-order valence-electron chi connectivity index (χ2n) is 4.45. The number of hydrogen-bond acceptors (Lipinski definition) is 2. The van der Waals surface area contributed by atoms with E-state index in [0.29, 0.717) is 12.0 Å². The molecule has 2 N–H and O–H groups in total. The first-order valence-electron chi connectivity index (χ1n) is 5.85. The van der Waals surface area contributed by atoms with Gasteiger partial charge in [0.1, 0.15) is 0 Å². The standard InChI is InChI=1S/C13H23NO/c1-4-5-6-10(2)11(3)14-13(9-15)12-7-8-12/h4-6,11-15H,7-9H2,1-3H3. The summed E-state index contributed by atoms with van der Waals surface area (Å²) in [5, 5.41) is 12.7. The Labute approximate surface area is 93.1 Å². The Balaban J connectivity index is 2.41. The zero-order valence-corrected chi connectivity index (χ0v) is 10.0. The third-order valence-corrected chi connectivity index (χ3v) is 3.09. The van der Waals surface area contributed by atoms with Crippen molar-refractivity contribution in [3.05, 3.63) is 23.8 Å². The van der Waals surface area contributed by atoms with Gasteiger partial charge in [0.25, 0.3) is 0 Å². The maximum Gasteiger partial charge on any atom is 0.0587 e. The van der Waals surface area contributed by atoms with Crippen molar-refractivity contribution in [2.24, 2.45) is 5.92 Å². The summed E-state index contributed by atoms with van der Waals surface area (Å²) >= 11 is 0. The molecule has 1 aliphatic carbocycles. The smallest absolute Gasteiger partial charge is 0.0587 e. The van der Waals surface area contributed by atoms with Crippen molar-refractivity contribution < 1.29 is 5.11 Å². The van der Waals surface area contributed by atoms with Gasteiger partial charge in [-0.15, -0.1) is 0 Å². The van der Waals surface area contributed by atoms with Crippen molar-refractivity contribution in [3.63, 3.8) is 0 Å². The number of aliphatic hydroxyl groups is 1. The normalized spacial score (nSPS) is 22.0. The molecule has 0 aromatic heterocycles. The molecule has 1 aliphatic rings. The van der Waals surface area contributed by atoms with Crippen LogP contribution in [0.2, 0.25) is 0 Å². The van der Waals surface area contributed by atoms with Crippen molar-refractivity contribution in [1.29, 1.82) is 0 Å². The minimum Gasteiger partial charge on any atom is -0.395 e. The van der Waals surface area contributed by atoms with E-state index in [1.54, 1.807) is 0 Å². The van der Waals surface area contributed by atoms with Crippen LogP contribution in [0.3, 0.4) is 0 Å². The maximum atomic E-state index is 9.25. The first-order chi connectivity index (χ1) is 7.19. The van der Waals surface area contributed by atoms with Crippen molar-refractivity contribution in [2.45, 2.75) is 45.7 Å². The maximum absolute atomic E-state index is 9.25. The van der Waals surface area contributed by atoms with Crippen LogP contribution in [0.5, 0.6) is 0 Å². The van der Waals surface area contributed by atoms with Crippen LogP contribution < -0.4 is 5.32 Å². The van der Waals surface area contributed by atoms with E-state index in [4.69, 9.17) is 0 Å². The highest BCUT2D eigenvalue weighted by molar-refractivity contribution is 5.15. The lowest BCUT2D eigenvalue weighted by molar-refractivity contribution is 0.223. The Morgan fingerprint density at radius 1 is 1.53 bits per heavy atom. The first kappa shape index (κ1) is 12.5. The molecule has 86 valence electrons. The molecule has 0 heterocycles. The average Bonchev–Trinajstić information content (AvgIpc) is 3.05. The van der Waals surface area contributed by atoms with Crippen molar-refractivity contribution in [3.8, 4) is 0 Å². The van der Waals surface area contributed by atoms with Crippen LogP contribution in [0.4, 0.5) is 0 Å². The fourth-order valence-electron chi connectivity index (χ4n) is 1.68. The molecule has 2 nitrogen and oxygen atoms in total. The monoisotopic (exact) mass is 209 g/mol. The fraction of sp³-hybridized carbons (Fsp3) is 0.692. The minimum absolute atomic E-state index is 0.256. The first-order valence-corrected chi connectivity index (χ1v) is 5.85. The van der Waals surface area contributed by atoms with Gasteiger partial charge in [-0.25, -0.2) is 0 Å². The van der Waals surface area contributed by atoms with Gasteiger partial charge in [0, 0.05) is 12.1 Å². The van der Waals surface area contributed by atoms with Crippen molar-refractivity contribution in [2.75, 3.05) is 6.61 Å². The van der Waals surface area contributed by atoms with Crippen molar-refractivity contribution >= 4 is 0 Å². The van der Waals surface area contributed by atoms with Crippen LogP contribution in [0.1, 0.15) is 33.6 Å². The quantitative estimate of drug-likeness (QED) is 0.658. The molecular weight excluding hydrogens is 186 g/mol. The molecule has 0 aromatic rings. The third kappa shape index (κ3) is 4.18. The summed E-state index contributed by atoms with van der Waals surface area (Å²) in [6.45, 7) is 6.55. The molecule has 15 heavy (non-hydrogen) atoms. The summed E-state index contributed by atoms with van der Waals surface area (Å²) in [7, 11) is 0. The predicted octanol–water partition coefficient (Wildman–Crippen LogP) is 2.26. The van der Waals surface area contributed by atoms with E-state index < -0.39 is 0 Å². The lowest BCUT2D eigenvalue weighted by Crippen LogP contribution is -2.41. The van der Waals surface area contributed by atoms with Gasteiger partial charge in [-0.3, -0.25) is 0 Å². The second kappa shape index (κ2) is 6.09. The van der Waals surface area contributed by atoms with Crippen LogP contribution in [0.15, 0.2) is 23.8 Å². The number of aliphatic hydroxyl groups excluding tert-OH is 1. The van der Waals surface area contributed by atoms with Crippen LogP contribution in [-0.4, -0.2) is 23.8 Å². The molecule has 0 aliphatic heterocycles. The Morgan fingerprint density at radius 3 is 2.67 bits per heavy atom. The second-order valence-corrected chi connectivity index (χ2v) is 4.45. The van der Waals surface area contributed by atoms with Crippen LogP contribution in [0.25, 0.3) is 0 Å². The molecular formula is C13H23NO. The highest BCUT2D eigenvalue weighted by atomic mass is 16.3. The van der Waals surface area contributed by atoms with E-state index in [1.807, 2.05) is 13.0 Å². The lowest BCUT2D eigenvalue weighted by Gasteiger charge is -2.22. The fourth-order valence-corrected chi connectivity index (χ4v) is 1.68. The molecule has 1 rings (SSSR count). The molecule has 2 atom stereocenters. The summed E-state index contributed by atoms with van der Waals surface area (Å²) in [5.41, 5.74) is 1.31. The van der Waals surface area contributed by atoms with E-state index in [0.717, 1.165) is 0 Å². The van der Waals surface area contributed by atoms with Crippen molar-refractivity contribution in [1.82, 2.24) is 5.32 Å². The summed E-state index contributed by atoms with van der Waals surface area (Å²) in [4.78, 5) is 0. The number of allylic oxidation sites excluding steroid dienone is 3. The molecule has 0 bridgehead atoms. The molecule has 1 fully saturated rings. The van der Waals surface area contributed by atoms with E-state index in [9.17, 15) is 5.11 Å². The Bertz CT molecular complexity index is 241. The van der Waals surface area contributed by atoms with Gasteiger partial charge in [-0.2, -0.15) is 0 Å². The number of hydrogen-bond donors (Lipinski definition) is 2. The van der Waals surface area contributed by atoms with E-state index in [2.05, 4.69) is 31.3 Å². The molecule has 0 saturated heterocycles. The SMILES string of the molecule is CC=CC=C(C)C(C)NC(CO)C1CC1. The zero-order chi connectivity index (χ0) is 11.3. The topological polar surface area (TPSA) is 32.3 Å². The van der Waals surface area contributed by atoms with Gasteiger partial charge in [0.2, 0.25) is 0 Å². The summed E-state index contributed by atoms with van der Waals surface area (Å²) < 4.78 is 0. The average molecular weight is 209 g/mol. The van der Waals surface area contributed by atoms with Gasteiger partial charge in [0.15, 0.2) is 0 Å². The minimum atomic E-state index is 0.256. The highest BCUT2D eigenvalue weighted by Gasteiger charge is 2.31. The van der Waals surface area contributed by atoms with Crippen LogP contribution in [0, 0.1) is 5.92 Å². The molecule has 2 heteroatoms. The third-order valence-electron chi connectivity index (χ3n) is 3.09. The van der Waals surface area contributed by atoms with Gasteiger partial charge >= 0.3 is 0 Å². The van der Waals surface area contributed by atoms with E-state index >= 15 is 0 Å². The summed E-state index contributed by atoms with van der Waals surface area (Å²) in [6, 6.07) is 0.632. The van der Waals surface area contributed by atoms with Gasteiger partial charge in [0.05, 0.1) is 6.61 Å². The lowest BCUT2D eigenvalue weighted by atomic mass is 10.1. The largest absolute Gasteiger partial charge is 0.395 e. The Morgan fingerprint density at radius 2 is 2.20 bits per heavy atom. The highest BCUT2D eigenvalue weighted by Crippen LogP contribution is 2.32. The summed E-state index contributed by atoms with van der Waals surface area (Å²) in [5.74, 6) is 0.701. The molecule has 2 unspecified atom stereocenters. The van der Waals surface area contributed by atoms with Crippen LogP contribution >= 0.6 is 0 Å². The Hall–Kier alpha value is -0.600. The van der Waals surface area contributed by atoms with Gasteiger partial charge in [-0.1, -0.05) is 23.8 Å². The number of nitrogens with one attached hydrogen (secondary N) is 1. The molecule has 0 spiro atoms. The molecule has 1 saturated carbocycles. The Kier molecular flexibility index (Phi) is 5.06. The zero-order valence-electron chi connectivity index (χ0n) is 10.0. The molecule has 0 amide bonds.